The van der Waals surface area contributed by atoms with Gasteiger partial charge >= 0.3 is 6.01 Å². The average Bonchev–Trinajstić information content (AvgIpc) is 2.25. The summed E-state index contributed by atoms with van der Waals surface area (Å²) >= 11 is 13.8. The van der Waals surface area contributed by atoms with E-state index in [1.165, 1.54) is 0 Å². The van der Waals surface area contributed by atoms with Crippen LogP contribution < -0.4 is 4.74 Å². The van der Waals surface area contributed by atoms with Crippen LogP contribution in [0.15, 0.2) is 30.6 Å². The van der Waals surface area contributed by atoms with E-state index in [9.17, 15) is 0 Å². The van der Waals surface area contributed by atoms with Gasteiger partial charge in [0.1, 0.15) is 5.75 Å². The molecule has 0 saturated heterocycles. The van der Waals surface area contributed by atoms with Gasteiger partial charge in [-0.05, 0) is 40.8 Å². The van der Waals surface area contributed by atoms with E-state index in [1.54, 1.807) is 30.6 Å². The van der Waals surface area contributed by atoms with Crippen molar-refractivity contribution < 1.29 is 4.74 Å². The van der Waals surface area contributed by atoms with Crippen molar-refractivity contribution in [2.24, 2.45) is 0 Å². The predicted octanol–water partition coefficient (Wildman–Crippen LogP) is 4.18. The minimum atomic E-state index is 0.254. The molecule has 1 aromatic heterocycles. The van der Waals surface area contributed by atoms with E-state index < -0.39 is 0 Å². The molecule has 0 aliphatic heterocycles. The van der Waals surface area contributed by atoms with E-state index in [2.05, 4.69) is 32.6 Å². The molecule has 0 bridgehead atoms. The van der Waals surface area contributed by atoms with Crippen molar-refractivity contribution >= 4 is 45.8 Å². The molecule has 1 heterocycles. The predicted molar refractivity (Wildman–Crippen MR) is 71.3 cm³/mol. The second kappa shape index (κ2) is 5.16. The lowest BCUT2D eigenvalue weighted by atomic mass is 10.3. The van der Waals surface area contributed by atoms with Crippen molar-refractivity contribution in [2.75, 3.05) is 0 Å². The number of hydrogen-bond acceptors (Lipinski definition) is 3. The average molecular weight is 367 g/mol. The Morgan fingerprint density at radius 3 is 2.44 bits per heavy atom. The first-order valence-corrected chi connectivity index (χ1v) is 6.09. The van der Waals surface area contributed by atoms with E-state index in [-0.39, 0.29) is 6.01 Å². The lowest BCUT2D eigenvalue weighted by Crippen LogP contribution is -1.92. The number of halogens is 3. The van der Waals surface area contributed by atoms with Gasteiger partial charge in [0.15, 0.2) is 0 Å². The van der Waals surface area contributed by atoms with Crippen LogP contribution >= 0.6 is 45.8 Å². The first-order valence-electron chi connectivity index (χ1n) is 4.25. The summed E-state index contributed by atoms with van der Waals surface area (Å²) in [5, 5.41) is 0.982. The van der Waals surface area contributed by atoms with Gasteiger partial charge in [-0.25, -0.2) is 9.97 Å². The lowest BCUT2D eigenvalue weighted by Gasteiger charge is -2.05. The maximum absolute atomic E-state index is 5.94. The molecule has 2 aromatic rings. The molecule has 0 aliphatic rings. The van der Waals surface area contributed by atoms with Crippen LogP contribution in [0.1, 0.15) is 0 Å². The molecule has 1 aromatic carbocycles. The van der Waals surface area contributed by atoms with E-state index in [0.29, 0.717) is 15.8 Å². The van der Waals surface area contributed by atoms with Crippen LogP contribution in [0, 0.1) is 3.57 Å². The number of aromatic nitrogens is 2. The molecule has 2 rings (SSSR count). The van der Waals surface area contributed by atoms with Crippen molar-refractivity contribution in [1.29, 1.82) is 0 Å². The second-order valence-corrected chi connectivity index (χ2v) is 4.95. The SMILES string of the molecule is Clc1ccc(Oc2ncc(I)cn2)c(Cl)c1. The third-order valence-corrected chi connectivity index (χ3v) is 2.78. The largest absolute Gasteiger partial charge is 0.423 e. The van der Waals surface area contributed by atoms with Crippen LogP contribution in [-0.2, 0) is 0 Å². The second-order valence-electron chi connectivity index (χ2n) is 2.86. The Labute approximate surface area is 116 Å². The molecule has 6 heteroatoms. The van der Waals surface area contributed by atoms with Gasteiger partial charge in [-0.1, -0.05) is 23.2 Å². The molecule has 0 fully saturated rings. The van der Waals surface area contributed by atoms with Gasteiger partial charge in [-0.3, -0.25) is 0 Å². The summed E-state index contributed by atoms with van der Waals surface area (Å²) in [6.07, 6.45) is 3.32. The zero-order valence-corrected chi connectivity index (χ0v) is 11.5. The van der Waals surface area contributed by atoms with Crippen molar-refractivity contribution in [2.45, 2.75) is 0 Å². The van der Waals surface area contributed by atoms with Crippen LogP contribution in [0.25, 0.3) is 0 Å². The molecular weight excluding hydrogens is 362 g/mol. The highest BCUT2D eigenvalue weighted by Gasteiger charge is 2.05. The van der Waals surface area contributed by atoms with E-state index in [4.69, 9.17) is 27.9 Å². The molecule has 0 N–H and O–H groups in total. The fourth-order valence-electron chi connectivity index (χ4n) is 1.01. The van der Waals surface area contributed by atoms with Crippen LogP contribution in [0.5, 0.6) is 11.8 Å². The summed E-state index contributed by atoms with van der Waals surface area (Å²) < 4.78 is 6.34. The fourth-order valence-corrected chi connectivity index (χ4v) is 1.74. The smallest absolute Gasteiger partial charge is 0.321 e. The zero-order chi connectivity index (χ0) is 11.5. The molecule has 0 unspecified atom stereocenters. The summed E-state index contributed by atoms with van der Waals surface area (Å²) in [6, 6.07) is 5.22. The molecule has 0 atom stereocenters. The molecule has 82 valence electrons. The highest BCUT2D eigenvalue weighted by Crippen LogP contribution is 2.29. The zero-order valence-electron chi connectivity index (χ0n) is 7.82. The topological polar surface area (TPSA) is 35.0 Å². The highest BCUT2D eigenvalue weighted by molar-refractivity contribution is 14.1. The van der Waals surface area contributed by atoms with Gasteiger partial charge in [-0.15, -0.1) is 0 Å². The molecule has 0 saturated carbocycles. The molecule has 0 amide bonds. The Morgan fingerprint density at radius 2 is 1.81 bits per heavy atom. The summed E-state index contributed by atoms with van der Waals surface area (Å²) in [6.45, 7) is 0. The Hall–Kier alpha value is -0.590. The quantitative estimate of drug-likeness (QED) is 0.748. The third kappa shape index (κ3) is 2.96. The van der Waals surface area contributed by atoms with Crippen molar-refractivity contribution in [1.82, 2.24) is 9.97 Å². The molecule has 0 spiro atoms. The van der Waals surface area contributed by atoms with Gasteiger partial charge in [-0.2, -0.15) is 0 Å². The van der Waals surface area contributed by atoms with Crippen LogP contribution in [0.3, 0.4) is 0 Å². The number of benzene rings is 1. The Morgan fingerprint density at radius 1 is 1.12 bits per heavy atom. The van der Waals surface area contributed by atoms with Crippen LogP contribution in [0.2, 0.25) is 10.0 Å². The van der Waals surface area contributed by atoms with E-state index in [1.807, 2.05) is 0 Å². The fraction of sp³-hybridized carbons (Fsp3) is 0. The van der Waals surface area contributed by atoms with E-state index in [0.717, 1.165) is 3.57 Å². The maximum Gasteiger partial charge on any atom is 0.321 e. The Balaban J connectivity index is 2.23. The molecule has 3 nitrogen and oxygen atoms in total. The van der Waals surface area contributed by atoms with Crippen molar-refractivity contribution in [3.05, 3.63) is 44.2 Å². The summed E-state index contributed by atoms with van der Waals surface area (Å²) in [7, 11) is 0. The van der Waals surface area contributed by atoms with Crippen molar-refractivity contribution in [3.8, 4) is 11.8 Å². The normalized spacial score (nSPS) is 10.2. The van der Waals surface area contributed by atoms with Gasteiger partial charge in [0.05, 0.1) is 5.02 Å². The van der Waals surface area contributed by atoms with Crippen molar-refractivity contribution in [3.63, 3.8) is 0 Å². The monoisotopic (exact) mass is 366 g/mol. The first kappa shape index (κ1) is 11.9. The number of nitrogens with zero attached hydrogens (tertiary/aromatic N) is 2. The van der Waals surface area contributed by atoms with Gasteiger partial charge in [0, 0.05) is 21.0 Å². The molecule has 0 radical (unpaired) electrons. The number of hydrogen-bond donors (Lipinski definition) is 0. The van der Waals surface area contributed by atoms with E-state index >= 15 is 0 Å². The highest BCUT2D eigenvalue weighted by atomic mass is 127. The summed E-state index contributed by atoms with van der Waals surface area (Å²) in [5.41, 5.74) is 0. The standard InChI is InChI=1S/C10H5Cl2IN2O/c11-6-1-2-9(8(12)3-6)16-10-14-4-7(13)5-15-10/h1-5H. The Kier molecular flexibility index (Phi) is 3.83. The minimum Gasteiger partial charge on any atom is -0.423 e. The van der Waals surface area contributed by atoms with Crippen LogP contribution in [-0.4, -0.2) is 9.97 Å². The van der Waals surface area contributed by atoms with Gasteiger partial charge < -0.3 is 4.74 Å². The van der Waals surface area contributed by atoms with Gasteiger partial charge in [0.2, 0.25) is 0 Å². The third-order valence-electron chi connectivity index (χ3n) is 1.69. The lowest BCUT2D eigenvalue weighted by molar-refractivity contribution is 0.441. The minimum absolute atomic E-state index is 0.254. The van der Waals surface area contributed by atoms with Gasteiger partial charge in [0.25, 0.3) is 0 Å². The molecular formula is C10H5Cl2IN2O. The van der Waals surface area contributed by atoms with Crippen LogP contribution in [0.4, 0.5) is 0 Å². The summed E-state index contributed by atoms with van der Waals surface area (Å²) in [5.74, 6) is 0.479. The molecule has 0 aliphatic carbocycles. The number of rotatable bonds is 2. The first-order chi connectivity index (χ1) is 7.65. The molecule has 16 heavy (non-hydrogen) atoms. The number of ether oxygens (including phenoxy) is 1. The summed E-state index contributed by atoms with van der Waals surface area (Å²) in [4.78, 5) is 8.01. The maximum atomic E-state index is 5.94. The Bertz CT molecular complexity index is 505.